The lowest BCUT2D eigenvalue weighted by atomic mass is 9.96. The first-order valence-corrected chi connectivity index (χ1v) is 10.6. The normalized spacial score (nSPS) is 13.5. The van der Waals surface area contributed by atoms with Crippen LogP contribution in [-0.4, -0.2) is 32.0 Å². The Morgan fingerprint density at radius 3 is 2.55 bits per heavy atom. The molecule has 0 aliphatic heterocycles. The molecule has 0 unspecified atom stereocenters. The molecule has 2 aromatic heterocycles. The molecular formula is C24H22N6O3. The molecule has 1 amide bonds. The van der Waals surface area contributed by atoms with Gasteiger partial charge in [0.1, 0.15) is 5.75 Å². The zero-order valence-corrected chi connectivity index (χ0v) is 17.7. The Bertz CT molecular complexity index is 1400. The fourth-order valence-corrected chi connectivity index (χ4v) is 3.74. The second-order valence-electron chi connectivity index (χ2n) is 7.86. The number of hydrogen-bond donors (Lipinski definition) is 3. The zero-order valence-electron chi connectivity index (χ0n) is 17.7. The third-order valence-corrected chi connectivity index (χ3v) is 5.68. The van der Waals surface area contributed by atoms with Gasteiger partial charge >= 0.3 is 0 Å². The van der Waals surface area contributed by atoms with Crippen molar-refractivity contribution in [2.45, 2.75) is 25.4 Å². The Balaban J connectivity index is 1.60. The van der Waals surface area contributed by atoms with Crippen LogP contribution in [0.5, 0.6) is 5.75 Å². The van der Waals surface area contributed by atoms with E-state index in [0.717, 1.165) is 24.2 Å². The summed E-state index contributed by atoms with van der Waals surface area (Å²) in [6.45, 7) is 3.45. The summed E-state index contributed by atoms with van der Waals surface area (Å²) in [6, 6.07) is 14.7. The van der Waals surface area contributed by atoms with Gasteiger partial charge in [-0.1, -0.05) is 6.58 Å². The van der Waals surface area contributed by atoms with Crippen molar-refractivity contribution in [3.63, 3.8) is 0 Å². The van der Waals surface area contributed by atoms with Crippen molar-refractivity contribution in [3.05, 3.63) is 71.5 Å². The van der Waals surface area contributed by atoms with Crippen LogP contribution in [0.2, 0.25) is 0 Å². The first-order chi connectivity index (χ1) is 16.0. The van der Waals surface area contributed by atoms with E-state index in [-0.39, 0.29) is 23.3 Å². The monoisotopic (exact) mass is 442 g/mol. The first kappa shape index (κ1) is 20.5. The van der Waals surface area contributed by atoms with Gasteiger partial charge < -0.3 is 15.8 Å². The van der Waals surface area contributed by atoms with Crippen molar-refractivity contribution >= 4 is 28.3 Å². The third kappa shape index (κ3) is 3.84. The number of hydrogen-bond acceptors (Lipinski definition) is 6. The maximum atomic E-state index is 12.5. The summed E-state index contributed by atoms with van der Waals surface area (Å²) in [4.78, 5) is 24.0. The maximum absolute atomic E-state index is 12.5. The molecule has 0 bridgehead atoms. The molecule has 2 heterocycles. The number of amides is 1. The SMILES string of the molecule is C=CC(=O)Nc1ccc(-n2nc3c(=O)[nH]nc(N)c3c2-c2ccc(OC3CCC3)cc2)cc1. The number of nitrogens with zero attached hydrogens (tertiary/aromatic N) is 3. The molecule has 166 valence electrons. The molecule has 0 atom stereocenters. The second-order valence-corrected chi connectivity index (χ2v) is 7.86. The lowest BCUT2D eigenvalue weighted by Gasteiger charge is -2.26. The largest absolute Gasteiger partial charge is 0.490 e. The molecule has 0 saturated heterocycles. The van der Waals surface area contributed by atoms with E-state index in [1.165, 1.54) is 12.5 Å². The van der Waals surface area contributed by atoms with Crippen LogP contribution < -0.4 is 21.3 Å². The summed E-state index contributed by atoms with van der Waals surface area (Å²) in [5, 5.41) is 14.0. The Kier molecular flexibility index (Phi) is 5.14. The number of aromatic amines is 1. The van der Waals surface area contributed by atoms with E-state index in [1.54, 1.807) is 28.9 Å². The first-order valence-electron chi connectivity index (χ1n) is 10.6. The lowest BCUT2D eigenvalue weighted by Crippen LogP contribution is -2.24. The van der Waals surface area contributed by atoms with Crippen molar-refractivity contribution in [3.8, 4) is 22.7 Å². The average Bonchev–Trinajstić information content (AvgIpc) is 3.21. The van der Waals surface area contributed by atoms with Crippen LogP contribution in [0.25, 0.3) is 27.8 Å². The fourth-order valence-electron chi connectivity index (χ4n) is 3.74. The van der Waals surface area contributed by atoms with Crippen molar-refractivity contribution in [1.29, 1.82) is 0 Å². The predicted molar refractivity (Wildman–Crippen MR) is 126 cm³/mol. The predicted octanol–water partition coefficient (Wildman–Crippen LogP) is 3.41. The molecule has 9 nitrogen and oxygen atoms in total. The molecule has 2 aromatic carbocycles. The number of nitrogens with two attached hydrogens (primary N) is 1. The highest BCUT2D eigenvalue weighted by Gasteiger charge is 2.22. The number of carbonyl (C=O) groups is 1. The maximum Gasteiger partial charge on any atom is 0.292 e. The van der Waals surface area contributed by atoms with Crippen LogP contribution in [-0.2, 0) is 4.79 Å². The van der Waals surface area contributed by atoms with Crippen LogP contribution in [0, 0.1) is 0 Å². The minimum atomic E-state index is -0.431. The Morgan fingerprint density at radius 2 is 1.91 bits per heavy atom. The summed E-state index contributed by atoms with van der Waals surface area (Å²) in [6.07, 6.45) is 4.83. The van der Waals surface area contributed by atoms with Gasteiger partial charge in [-0.2, -0.15) is 10.2 Å². The molecule has 1 aliphatic rings. The molecule has 0 spiro atoms. The molecule has 1 aliphatic carbocycles. The van der Waals surface area contributed by atoms with Crippen LogP contribution in [0.15, 0.2) is 66.0 Å². The van der Waals surface area contributed by atoms with Gasteiger partial charge in [0.15, 0.2) is 11.3 Å². The van der Waals surface area contributed by atoms with Gasteiger partial charge in [0.05, 0.1) is 22.9 Å². The number of carbonyl (C=O) groups excluding carboxylic acids is 1. The van der Waals surface area contributed by atoms with Gasteiger partial charge in [0.2, 0.25) is 5.91 Å². The third-order valence-electron chi connectivity index (χ3n) is 5.68. The summed E-state index contributed by atoms with van der Waals surface area (Å²) in [5.74, 6) is 0.670. The van der Waals surface area contributed by atoms with Crippen LogP contribution in [0.3, 0.4) is 0 Å². The number of H-pyrrole nitrogens is 1. The Hall–Kier alpha value is -4.40. The number of benzene rings is 2. The van der Waals surface area contributed by atoms with Crippen molar-refractivity contribution in [2.75, 3.05) is 11.1 Å². The number of nitrogens with one attached hydrogen (secondary N) is 2. The second kappa shape index (κ2) is 8.27. The number of aromatic nitrogens is 4. The Labute approximate surface area is 188 Å². The van der Waals surface area contributed by atoms with Gasteiger partial charge in [-0.25, -0.2) is 9.78 Å². The quantitative estimate of drug-likeness (QED) is 0.393. The van der Waals surface area contributed by atoms with Gasteiger partial charge in [0.25, 0.3) is 5.56 Å². The summed E-state index contributed by atoms with van der Waals surface area (Å²) >= 11 is 0. The van der Waals surface area contributed by atoms with E-state index in [4.69, 9.17) is 10.5 Å². The average molecular weight is 442 g/mol. The summed E-state index contributed by atoms with van der Waals surface area (Å²) in [7, 11) is 0. The summed E-state index contributed by atoms with van der Waals surface area (Å²) < 4.78 is 7.62. The highest BCUT2D eigenvalue weighted by molar-refractivity contribution is 6.00. The van der Waals surface area contributed by atoms with E-state index in [9.17, 15) is 9.59 Å². The van der Waals surface area contributed by atoms with Crippen LogP contribution >= 0.6 is 0 Å². The van der Waals surface area contributed by atoms with Gasteiger partial charge in [-0.15, -0.1) is 0 Å². The molecule has 5 rings (SSSR count). The molecule has 9 heteroatoms. The van der Waals surface area contributed by atoms with Gasteiger partial charge in [-0.3, -0.25) is 9.59 Å². The number of fused-ring (bicyclic) bond motifs is 1. The van der Waals surface area contributed by atoms with E-state index < -0.39 is 5.56 Å². The minimum Gasteiger partial charge on any atom is -0.490 e. The van der Waals surface area contributed by atoms with Gasteiger partial charge in [-0.05, 0) is 73.9 Å². The van der Waals surface area contributed by atoms with Gasteiger partial charge in [0, 0.05) is 11.3 Å². The minimum absolute atomic E-state index is 0.176. The molecule has 0 radical (unpaired) electrons. The highest BCUT2D eigenvalue weighted by atomic mass is 16.5. The van der Waals surface area contributed by atoms with E-state index in [1.807, 2.05) is 24.3 Å². The number of anilines is 2. The number of rotatable bonds is 6. The smallest absolute Gasteiger partial charge is 0.292 e. The lowest BCUT2D eigenvalue weighted by molar-refractivity contribution is -0.111. The van der Waals surface area contributed by atoms with E-state index in [0.29, 0.717) is 22.5 Å². The Morgan fingerprint density at radius 1 is 1.18 bits per heavy atom. The molecule has 4 aromatic rings. The van der Waals surface area contributed by atoms with Crippen molar-refractivity contribution in [2.24, 2.45) is 0 Å². The standard InChI is InChI=1S/C24H22N6O3/c1-2-19(31)26-15-8-10-16(11-9-15)30-22(20-21(29-30)24(32)28-27-23(20)25)14-6-12-18(13-7-14)33-17-4-3-5-17/h2,6-13,17H,1,3-5H2,(H2,25,27)(H,26,31)(H,28,32). The summed E-state index contributed by atoms with van der Waals surface area (Å²) in [5.41, 5.74) is 8.66. The van der Waals surface area contributed by atoms with E-state index in [2.05, 4.69) is 27.2 Å². The van der Waals surface area contributed by atoms with Crippen LogP contribution in [0.1, 0.15) is 19.3 Å². The fraction of sp³-hybridized carbons (Fsp3) is 0.167. The van der Waals surface area contributed by atoms with Crippen molar-refractivity contribution < 1.29 is 9.53 Å². The highest BCUT2D eigenvalue weighted by Crippen LogP contribution is 2.34. The molecule has 1 saturated carbocycles. The van der Waals surface area contributed by atoms with Crippen molar-refractivity contribution in [1.82, 2.24) is 20.0 Å². The number of nitrogen functional groups attached to an aromatic ring is 1. The molecule has 4 N–H and O–H groups in total. The molecule has 1 fully saturated rings. The van der Waals surface area contributed by atoms with Crippen LogP contribution in [0.4, 0.5) is 11.5 Å². The molecular weight excluding hydrogens is 420 g/mol. The molecule has 33 heavy (non-hydrogen) atoms. The topological polar surface area (TPSA) is 128 Å². The van der Waals surface area contributed by atoms with E-state index >= 15 is 0 Å². The number of ether oxygens (including phenoxy) is 1. The zero-order chi connectivity index (χ0) is 22.9.